The minimum Gasteiger partial charge on any atom is -0.394 e. The van der Waals surface area contributed by atoms with Gasteiger partial charge in [-0.05, 0) is 12.8 Å². The number of unbranched alkanes of at least 4 members (excludes halogenated alkanes) is 36. The zero-order chi connectivity index (χ0) is 47.6. The highest BCUT2D eigenvalue weighted by atomic mass is 16.7. The first-order chi connectivity index (χ1) is 31.7. The van der Waals surface area contributed by atoms with Gasteiger partial charge >= 0.3 is 0 Å². The topological polar surface area (TPSA) is 189 Å². The van der Waals surface area contributed by atoms with Gasteiger partial charge in [0.05, 0.1) is 25.4 Å². The van der Waals surface area contributed by atoms with E-state index in [0.29, 0.717) is 19.3 Å². The molecule has 0 aromatic carbocycles. The van der Waals surface area contributed by atoms with Gasteiger partial charge in [0, 0.05) is 0 Å². The molecule has 1 heterocycles. The van der Waals surface area contributed by atoms with Gasteiger partial charge in [-0.3, -0.25) is 4.79 Å². The van der Waals surface area contributed by atoms with Gasteiger partial charge in [0.25, 0.3) is 0 Å². The van der Waals surface area contributed by atoms with E-state index >= 15 is 0 Å². The number of ether oxygens (including phenoxy) is 2. The van der Waals surface area contributed by atoms with E-state index < -0.39 is 74.2 Å². The summed E-state index contributed by atoms with van der Waals surface area (Å²) in [5.74, 6) is -0.691. The van der Waals surface area contributed by atoms with Gasteiger partial charge in [0.1, 0.15) is 36.6 Å². The van der Waals surface area contributed by atoms with Crippen LogP contribution in [0.15, 0.2) is 0 Å². The largest absolute Gasteiger partial charge is 0.394 e. The number of hydrogen-bond acceptors (Lipinski definition) is 10. The van der Waals surface area contributed by atoms with Crippen LogP contribution in [-0.2, 0) is 14.3 Å². The van der Waals surface area contributed by atoms with Crippen LogP contribution in [0.25, 0.3) is 0 Å². The van der Waals surface area contributed by atoms with Crippen molar-refractivity contribution in [2.45, 2.75) is 326 Å². The number of aliphatic hydroxyl groups is 7. The summed E-state index contributed by atoms with van der Waals surface area (Å²) in [6, 6.07) is -1.16. The standard InChI is InChI=1S/C54H107NO10/c1-3-5-7-9-11-13-15-17-18-19-20-21-22-23-24-25-26-27-28-30-32-34-36-38-40-42-47(58)53(63)55-45(44-64-54-52(62)51(61)50(60)48(43-56)65-54)49(59)46(57)41-39-37-35-33-31-29-16-14-12-10-8-6-4-2/h45-52,54,56-62H,3-44H2,1-2H3,(H,55,63). The molecule has 8 N–H and O–H groups in total. The third kappa shape index (κ3) is 33.3. The molecule has 1 aliphatic heterocycles. The maximum Gasteiger partial charge on any atom is 0.249 e. The van der Waals surface area contributed by atoms with Crippen LogP contribution in [0.1, 0.15) is 271 Å². The first-order valence-corrected chi connectivity index (χ1v) is 27.9. The summed E-state index contributed by atoms with van der Waals surface area (Å²) in [5.41, 5.74) is 0. The second-order valence-electron chi connectivity index (χ2n) is 20.0. The van der Waals surface area contributed by atoms with E-state index in [1.165, 1.54) is 193 Å². The lowest BCUT2D eigenvalue weighted by Gasteiger charge is -2.40. The summed E-state index contributed by atoms with van der Waals surface area (Å²) in [6.07, 6.45) is 37.3. The van der Waals surface area contributed by atoms with Crippen LogP contribution in [0, 0.1) is 0 Å². The van der Waals surface area contributed by atoms with Crippen molar-refractivity contribution < 1.29 is 50.0 Å². The van der Waals surface area contributed by atoms with Gasteiger partial charge in [0.15, 0.2) is 6.29 Å². The van der Waals surface area contributed by atoms with Crippen LogP contribution < -0.4 is 5.32 Å². The Bertz CT molecular complexity index is 1020. The van der Waals surface area contributed by atoms with E-state index in [4.69, 9.17) is 9.47 Å². The summed E-state index contributed by atoms with van der Waals surface area (Å²) in [4.78, 5) is 13.1. The second kappa shape index (κ2) is 44.3. The number of carbonyl (C=O) groups is 1. The van der Waals surface area contributed by atoms with Gasteiger partial charge in [-0.15, -0.1) is 0 Å². The van der Waals surface area contributed by atoms with Gasteiger partial charge in [-0.2, -0.15) is 0 Å². The molecule has 0 aromatic heterocycles. The molecular formula is C54H107NO10. The second-order valence-corrected chi connectivity index (χ2v) is 20.0. The van der Waals surface area contributed by atoms with Crippen molar-refractivity contribution in [3.8, 4) is 0 Å². The fourth-order valence-electron chi connectivity index (χ4n) is 9.33. The smallest absolute Gasteiger partial charge is 0.249 e. The Labute approximate surface area is 399 Å². The summed E-state index contributed by atoms with van der Waals surface area (Å²) < 4.78 is 11.1. The molecule has 0 spiro atoms. The van der Waals surface area contributed by atoms with Gasteiger partial charge in [-0.1, -0.05) is 258 Å². The van der Waals surface area contributed by atoms with Crippen molar-refractivity contribution in [3.05, 3.63) is 0 Å². The van der Waals surface area contributed by atoms with Gasteiger partial charge in [0.2, 0.25) is 5.91 Å². The van der Waals surface area contributed by atoms with E-state index in [1.54, 1.807) is 0 Å². The van der Waals surface area contributed by atoms with Crippen LogP contribution in [0.2, 0.25) is 0 Å². The monoisotopic (exact) mass is 930 g/mol. The van der Waals surface area contributed by atoms with E-state index in [9.17, 15) is 40.5 Å². The molecule has 1 rings (SSSR count). The summed E-state index contributed by atoms with van der Waals surface area (Å²) >= 11 is 0. The maximum atomic E-state index is 13.1. The zero-order valence-electron chi connectivity index (χ0n) is 42.2. The lowest BCUT2D eigenvalue weighted by Crippen LogP contribution is -2.60. The van der Waals surface area contributed by atoms with Crippen LogP contribution in [-0.4, -0.2) is 110 Å². The van der Waals surface area contributed by atoms with Crippen molar-refractivity contribution >= 4 is 5.91 Å². The van der Waals surface area contributed by atoms with Crippen molar-refractivity contribution in [3.63, 3.8) is 0 Å². The van der Waals surface area contributed by atoms with Crippen LogP contribution >= 0.6 is 0 Å². The lowest BCUT2D eigenvalue weighted by atomic mass is 9.98. The number of amides is 1. The van der Waals surface area contributed by atoms with Gasteiger partial charge < -0.3 is 50.5 Å². The number of aliphatic hydroxyl groups excluding tert-OH is 7. The maximum absolute atomic E-state index is 13.1. The highest BCUT2D eigenvalue weighted by Gasteiger charge is 2.44. The zero-order valence-corrected chi connectivity index (χ0v) is 42.2. The normalized spacial score (nSPS) is 20.8. The number of hydrogen-bond donors (Lipinski definition) is 8. The summed E-state index contributed by atoms with van der Waals surface area (Å²) in [7, 11) is 0. The molecule has 1 aliphatic rings. The van der Waals surface area contributed by atoms with Crippen molar-refractivity contribution in [2.24, 2.45) is 0 Å². The molecule has 388 valence electrons. The predicted molar refractivity (Wildman–Crippen MR) is 266 cm³/mol. The quantitative estimate of drug-likeness (QED) is 0.0273. The first kappa shape index (κ1) is 62.1. The number of rotatable bonds is 48. The molecule has 1 fully saturated rings. The fraction of sp³-hybridized carbons (Fsp3) is 0.981. The highest BCUT2D eigenvalue weighted by molar-refractivity contribution is 5.80. The third-order valence-corrected chi connectivity index (χ3v) is 13.9. The Hall–Kier alpha value is -0.890. The Morgan fingerprint density at radius 1 is 0.477 bits per heavy atom. The Kier molecular flexibility index (Phi) is 42.4. The molecule has 9 atom stereocenters. The molecule has 0 aliphatic carbocycles. The Balaban J connectivity index is 2.27. The molecule has 9 unspecified atom stereocenters. The SMILES string of the molecule is CCCCCCCCCCCCCCCCCCCCCCCCCCCC(O)C(=O)NC(COC1OC(CO)C(O)C(O)C1O)C(O)C(O)CCCCCCCCCCCCCCC. The molecule has 11 heteroatoms. The summed E-state index contributed by atoms with van der Waals surface area (Å²) in [5, 5.41) is 76.0. The molecule has 1 amide bonds. The molecule has 0 aromatic rings. The van der Waals surface area contributed by atoms with E-state index in [1.807, 2.05) is 0 Å². The Morgan fingerprint density at radius 2 is 0.800 bits per heavy atom. The molecule has 0 bridgehead atoms. The molecule has 0 radical (unpaired) electrons. The molecular weight excluding hydrogens is 823 g/mol. The first-order valence-electron chi connectivity index (χ1n) is 27.9. The van der Waals surface area contributed by atoms with E-state index in [-0.39, 0.29) is 6.42 Å². The number of carbonyl (C=O) groups excluding carboxylic acids is 1. The number of nitrogens with one attached hydrogen (secondary N) is 1. The average Bonchev–Trinajstić information content (AvgIpc) is 3.31. The molecule has 11 nitrogen and oxygen atoms in total. The lowest BCUT2D eigenvalue weighted by molar-refractivity contribution is -0.303. The van der Waals surface area contributed by atoms with E-state index in [2.05, 4.69) is 19.2 Å². The van der Waals surface area contributed by atoms with Crippen LogP contribution in [0.5, 0.6) is 0 Å². The van der Waals surface area contributed by atoms with Crippen LogP contribution in [0.4, 0.5) is 0 Å². The highest BCUT2D eigenvalue weighted by Crippen LogP contribution is 2.23. The van der Waals surface area contributed by atoms with Crippen LogP contribution in [0.3, 0.4) is 0 Å². The third-order valence-electron chi connectivity index (χ3n) is 13.9. The molecule has 65 heavy (non-hydrogen) atoms. The van der Waals surface area contributed by atoms with Gasteiger partial charge in [-0.25, -0.2) is 0 Å². The summed E-state index contributed by atoms with van der Waals surface area (Å²) in [6.45, 7) is 3.48. The minimum atomic E-state index is -1.66. The van der Waals surface area contributed by atoms with E-state index in [0.717, 1.165) is 38.5 Å². The average molecular weight is 930 g/mol. The predicted octanol–water partition coefficient (Wildman–Crippen LogP) is 11.0. The van der Waals surface area contributed by atoms with Crippen molar-refractivity contribution in [2.75, 3.05) is 13.2 Å². The van der Waals surface area contributed by atoms with Crippen molar-refractivity contribution in [1.29, 1.82) is 0 Å². The minimum absolute atomic E-state index is 0.267. The van der Waals surface area contributed by atoms with Crippen molar-refractivity contribution in [1.82, 2.24) is 5.32 Å². The Morgan fingerprint density at radius 3 is 1.14 bits per heavy atom. The fourth-order valence-corrected chi connectivity index (χ4v) is 9.33. The molecule has 0 saturated carbocycles. The molecule has 1 saturated heterocycles.